The number of nitrogens with one attached hydrogen (secondary N) is 2. The maximum Gasteiger partial charge on any atom is 0.191 e. The third-order valence-corrected chi connectivity index (χ3v) is 4.83. The number of benzene rings is 1. The van der Waals surface area contributed by atoms with Crippen LogP contribution in [-0.4, -0.2) is 42.2 Å². The van der Waals surface area contributed by atoms with Crippen molar-refractivity contribution in [2.24, 2.45) is 4.99 Å². The van der Waals surface area contributed by atoms with Gasteiger partial charge in [0, 0.05) is 44.5 Å². The lowest BCUT2D eigenvalue weighted by Crippen LogP contribution is -2.44. The van der Waals surface area contributed by atoms with E-state index >= 15 is 0 Å². The fraction of sp³-hybridized carbons (Fsp3) is 0.368. The van der Waals surface area contributed by atoms with Crippen molar-refractivity contribution in [1.82, 2.24) is 15.6 Å². The van der Waals surface area contributed by atoms with E-state index in [2.05, 4.69) is 25.5 Å². The third kappa shape index (κ3) is 5.68. The van der Waals surface area contributed by atoms with Gasteiger partial charge in [0.25, 0.3) is 0 Å². The first-order chi connectivity index (χ1) is 13.1. The molecule has 1 saturated heterocycles. The highest BCUT2D eigenvalue weighted by atomic mass is 127. The smallest absolute Gasteiger partial charge is 0.191 e. The summed E-state index contributed by atoms with van der Waals surface area (Å²) in [6, 6.07) is 8.58. The number of aliphatic imine (C=N–C) groups is 1. The van der Waals surface area contributed by atoms with E-state index in [1.807, 2.05) is 12.1 Å². The standard InChI is InChI=1S/C19H23ClFN5O.HI/c1-22-19(24-10-13-4-5-17(21)14(9-13)12-27)25-15-6-8-26(11-15)18-16(20)3-2-7-23-18;/h2-5,7,9,15,27H,6,8,10-12H2,1H3,(H2,22,24,25);1H. The van der Waals surface area contributed by atoms with Crippen LogP contribution < -0.4 is 15.5 Å². The van der Waals surface area contributed by atoms with Gasteiger partial charge in [-0.1, -0.05) is 17.7 Å². The van der Waals surface area contributed by atoms with Crippen molar-refractivity contribution in [3.63, 3.8) is 0 Å². The molecule has 0 amide bonds. The molecule has 9 heteroatoms. The zero-order valence-corrected chi connectivity index (χ0v) is 18.6. The largest absolute Gasteiger partial charge is 0.392 e. The number of anilines is 1. The lowest BCUT2D eigenvalue weighted by atomic mass is 10.1. The van der Waals surface area contributed by atoms with Gasteiger partial charge in [-0.25, -0.2) is 9.37 Å². The number of hydrogen-bond donors (Lipinski definition) is 3. The number of aliphatic hydroxyl groups is 1. The Labute approximate surface area is 186 Å². The normalized spacial score (nSPS) is 16.6. The fourth-order valence-electron chi connectivity index (χ4n) is 3.11. The number of rotatable bonds is 5. The van der Waals surface area contributed by atoms with Crippen LogP contribution in [0.5, 0.6) is 0 Å². The number of halogens is 3. The van der Waals surface area contributed by atoms with Crippen LogP contribution in [0.4, 0.5) is 10.2 Å². The lowest BCUT2D eigenvalue weighted by molar-refractivity contribution is 0.275. The Hall–Kier alpha value is -1.65. The van der Waals surface area contributed by atoms with Crippen LogP contribution in [0.25, 0.3) is 0 Å². The minimum atomic E-state index is -0.400. The van der Waals surface area contributed by atoms with Gasteiger partial charge < -0.3 is 20.6 Å². The van der Waals surface area contributed by atoms with E-state index in [4.69, 9.17) is 11.6 Å². The number of pyridine rings is 1. The Morgan fingerprint density at radius 3 is 2.96 bits per heavy atom. The van der Waals surface area contributed by atoms with E-state index < -0.39 is 5.82 Å². The van der Waals surface area contributed by atoms with E-state index in [0.717, 1.165) is 30.9 Å². The first-order valence-electron chi connectivity index (χ1n) is 8.81. The highest BCUT2D eigenvalue weighted by Crippen LogP contribution is 2.25. The Bertz CT molecular complexity index is 823. The van der Waals surface area contributed by atoms with Crippen molar-refractivity contribution in [2.75, 3.05) is 25.0 Å². The summed E-state index contributed by atoms with van der Waals surface area (Å²) >= 11 is 6.23. The SMILES string of the molecule is CN=C(NCc1ccc(F)c(CO)c1)NC1CCN(c2ncccc2Cl)C1.I. The molecular weight excluding hydrogens is 496 g/mol. The maximum atomic E-state index is 13.5. The topological polar surface area (TPSA) is 72.8 Å². The van der Waals surface area contributed by atoms with Crippen LogP contribution in [0.2, 0.25) is 5.02 Å². The monoisotopic (exact) mass is 519 g/mol. The number of aliphatic hydroxyl groups excluding tert-OH is 1. The van der Waals surface area contributed by atoms with Crippen LogP contribution in [0.3, 0.4) is 0 Å². The zero-order valence-electron chi connectivity index (χ0n) is 15.5. The predicted molar refractivity (Wildman–Crippen MR) is 121 cm³/mol. The highest BCUT2D eigenvalue weighted by molar-refractivity contribution is 14.0. The summed E-state index contributed by atoms with van der Waals surface area (Å²) in [5, 5.41) is 16.5. The molecule has 1 aliphatic rings. The Morgan fingerprint density at radius 1 is 1.43 bits per heavy atom. The molecule has 1 aliphatic heterocycles. The van der Waals surface area contributed by atoms with Crippen LogP contribution in [-0.2, 0) is 13.2 Å². The summed E-state index contributed by atoms with van der Waals surface area (Å²) in [7, 11) is 1.71. The molecule has 1 fully saturated rings. The molecule has 1 unspecified atom stereocenters. The summed E-state index contributed by atoms with van der Waals surface area (Å²) in [6.07, 6.45) is 2.69. The molecule has 2 heterocycles. The summed E-state index contributed by atoms with van der Waals surface area (Å²) in [5.41, 5.74) is 1.16. The summed E-state index contributed by atoms with van der Waals surface area (Å²) in [6.45, 7) is 1.81. The first kappa shape index (κ1) is 22.6. The van der Waals surface area contributed by atoms with Gasteiger partial charge in [0.05, 0.1) is 11.6 Å². The minimum absolute atomic E-state index is 0. The molecule has 1 aromatic heterocycles. The predicted octanol–water partition coefficient (Wildman–Crippen LogP) is 2.93. The molecule has 0 spiro atoms. The van der Waals surface area contributed by atoms with Crippen molar-refractivity contribution >= 4 is 47.4 Å². The second kappa shape index (κ2) is 10.8. The molecule has 28 heavy (non-hydrogen) atoms. The van der Waals surface area contributed by atoms with E-state index in [1.54, 1.807) is 25.4 Å². The molecule has 1 aromatic carbocycles. The summed E-state index contributed by atoms with van der Waals surface area (Å²) in [4.78, 5) is 10.8. The molecule has 3 rings (SSSR count). The molecule has 0 radical (unpaired) electrons. The van der Waals surface area contributed by atoms with E-state index in [9.17, 15) is 9.50 Å². The molecule has 0 bridgehead atoms. The second-order valence-corrected chi connectivity index (χ2v) is 6.80. The van der Waals surface area contributed by atoms with Gasteiger partial charge >= 0.3 is 0 Å². The lowest BCUT2D eigenvalue weighted by Gasteiger charge is -2.20. The number of hydrogen-bond acceptors (Lipinski definition) is 4. The first-order valence-corrected chi connectivity index (χ1v) is 9.19. The maximum absolute atomic E-state index is 13.5. The van der Waals surface area contributed by atoms with Gasteiger partial charge in [-0.2, -0.15) is 0 Å². The number of aromatic nitrogens is 1. The Kier molecular flexibility index (Phi) is 8.71. The number of nitrogens with zero attached hydrogens (tertiary/aromatic N) is 3. The summed E-state index contributed by atoms with van der Waals surface area (Å²) < 4.78 is 13.5. The van der Waals surface area contributed by atoms with Crippen LogP contribution in [0.1, 0.15) is 17.5 Å². The van der Waals surface area contributed by atoms with E-state index in [-0.39, 0.29) is 42.2 Å². The molecule has 2 aromatic rings. The zero-order chi connectivity index (χ0) is 19.2. The molecule has 1 atom stereocenters. The average molecular weight is 520 g/mol. The molecule has 0 saturated carbocycles. The fourth-order valence-corrected chi connectivity index (χ4v) is 3.35. The third-order valence-electron chi connectivity index (χ3n) is 4.53. The minimum Gasteiger partial charge on any atom is -0.392 e. The molecule has 152 valence electrons. The van der Waals surface area contributed by atoms with Gasteiger partial charge in [-0.15, -0.1) is 24.0 Å². The van der Waals surface area contributed by atoms with Crippen molar-refractivity contribution in [3.8, 4) is 0 Å². The molecule has 0 aliphatic carbocycles. The Balaban J connectivity index is 0.00000280. The highest BCUT2D eigenvalue weighted by Gasteiger charge is 2.25. The Morgan fingerprint density at radius 2 is 2.25 bits per heavy atom. The number of guanidine groups is 1. The second-order valence-electron chi connectivity index (χ2n) is 6.39. The van der Waals surface area contributed by atoms with Crippen molar-refractivity contribution < 1.29 is 9.50 Å². The van der Waals surface area contributed by atoms with E-state index in [1.165, 1.54) is 6.07 Å². The van der Waals surface area contributed by atoms with Gasteiger partial charge in [0.1, 0.15) is 11.6 Å². The van der Waals surface area contributed by atoms with Gasteiger partial charge in [-0.3, -0.25) is 4.99 Å². The van der Waals surface area contributed by atoms with Crippen molar-refractivity contribution in [3.05, 3.63) is 58.5 Å². The van der Waals surface area contributed by atoms with Crippen molar-refractivity contribution in [2.45, 2.75) is 25.6 Å². The van der Waals surface area contributed by atoms with Gasteiger partial charge in [0.2, 0.25) is 0 Å². The molecule has 6 nitrogen and oxygen atoms in total. The van der Waals surface area contributed by atoms with Crippen LogP contribution in [0, 0.1) is 5.82 Å². The van der Waals surface area contributed by atoms with Gasteiger partial charge in [-0.05, 0) is 36.2 Å². The van der Waals surface area contributed by atoms with Crippen LogP contribution in [0.15, 0.2) is 41.5 Å². The van der Waals surface area contributed by atoms with Gasteiger partial charge in [0.15, 0.2) is 5.96 Å². The van der Waals surface area contributed by atoms with E-state index in [0.29, 0.717) is 17.5 Å². The quantitative estimate of drug-likeness (QED) is 0.322. The average Bonchev–Trinajstić information content (AvgIpc) is 3.14. The summed E-state index contributed by atoms with van der Waals surface area (Å²) in [5.74, 6) is 1.07. The molecule has 3 N–H and O–H groups in total. The molecular formula is C19H24ClFIN5O. The van der Waals surface area contributed by atoms with Crippen LogP contribution >= 0.6 is 35.6 Å². The van der Waals surface area contributed by atoms with Crippen molar-refractivity contribution in [1.29, 1.82) is 0 Å².